The van der Waals surface area contributed by atoms with E-state index in [0.29, 0.717) is 5.69 Å². The van der Waals surface area contributed by atoms with Crippen LogP contribution in [0, 0.1) is 4.91 Å². The smallest absolute Gasteiger partial charge is 0.109 e. The van der Waals surface area contributed by atoms with Gasteiger partial charge in [-0.1, -0.05) is 18.2 Å². The molecule has 0 aromatic heterocycles. The van der Waals surface area contributed by atoms with Gasteiger partial charge >= 0.3 is 0 Å². The molecule has 0 fully saturated rings. The number of nitroso groups, excluding NO2 is 1. The Balaban J connectivity index is 2.25. The molecule has 16 heavy (non-hydrogen) atoms. The van der Waals surface area contributed by atoms with E-state index >= 15 is 0 Å². The minimum absolute atomic E-state index is 0.408. The third-order valence-electron chi connectivity index (χ3n) is 2.11. The van der Waals surface area contributed by atoms with Crippen LogP contribution in [-0.4, -0.2) is 0 Å². The molecule has 0 radical (unpaired) electrons. The summed E-state index contributed by atoms with van der Waals surface area (Å²) in [6.07, 6.45) is 0. The van der Waals surface area contributed by atoms with Gasteiger partial charge in [-0.3, -0.25) is 0 Å². The molecule has 0 aliphatic carbocycles. The van der Waals surface area contributed by atoms with Crippen molar-refractivity contribution in [3.63, 3.8) is 0 Å². The van der Waals surface area contributed by atoms with Crippen LogP contribution in [0.3, 0.4) is 0 Å². The fraction of sp³-hybridized carbons (Fsp3) is 0. The summed E-state index contributed by atoms with van der Waals surface area (Å²) in [5, 5.41) is 6.10. The lowest BCUT2D eigenvalue weighted by molar-refractivity contribution is 1.46. The molecular weight excluding hydrogens is 268 g/mol. The maximum Gasteiger partial charge on any atom is 0.109 e. The first kappa shape index (κ1) is 10.8. The Labute approximate surface area is 102 Å². The van der Waals surface area contributed by atoms with Gasteiger partial charge in [0.1, 0.15) is 5.69 Å². The Morgan fingerprint density at radius 1 is 1.06 bits per heavy atom. The largest absolute Gasteiger partial charge is 0.355 e. The van der Waals surface area contributed by atoms with E-state index < -0.39 is 0 Å². The first-order chi connectivity index (χ1) is 7.79. The zero-order valence-corrected chi connectivity index (χ0v) is 9.94. The van der Waals surface area contributed by atoms with Gasteiger partial charge in [0.25, 0.3) is 0 Å². The minimum atomic E-state index is 0.408. The second-order valence-corrected chi connectivity index (χ2v) is 4.10. The molecule has 0 spiro atoms. The Morgan fingerprint density at radius 3 is 2.44 bits per heavy atom. The molecule has 0 aliphatic heterocycles. The van der Waals surface area contributed by atoms with Gasteiger partial charge in [-0.2, -0.15) is 0 Å². The minimum Gasteiger partial charge on any atom is -0.355 e. The van der Waals surface area contributed by atoms with Crippen LogP contribution >= 0.6 is 15.9 Å². The molecule has 0 atom stereocenters. The van der Waals surface area contributed by atoms with Gasteiger partial charge < -0.3 is 5.32 Å². The molecule has 0 heterocycles. The Bertz CT molecular complexity index is 500. The number of rotatable bonds is 3. The van der Waals surface area contributed by atoms with Crippen LogP contribution in [0.25, 0.3) is 0 Å². The number of hydrogen-bond acceptors (Lipinski definition) is 3. The molecule has 1 N–H and O–H groups in total. The van der Waals surface area contributed by atoms with E-state index in [0.717, 1.165) is 15.8 Å². The summed E-state index contributed by atoms with van der Waals surface area (Å²) in [4.78, 5) is 10.3. The molecule has 2 aromatic rings. The van der Waals surface area contributed by atoms with Crippen LogP contribution in [0.2, 0.25) is 0 Å². The predicted octanol–water partition coefficient (Wildman–Crippen LogP) is 4.59. The van der Waals surface area contributed by atoms with Crippen molar-refractivity contribution in [1.82, 2.24) is 0 Å². The molecule has 2 rings (SSSR count). The van der Waals surface area contributed by atoms with Crippen LogP contribution < -0.4 is 5.32 Å². The lowest BCUT2D eigenvalue weighted by Gasteiger charge is -2.08. The van der Waals surface area contributed by atoms with Crippen molar-refractivity contribution >= 4 is 33.0 Å². The van der Waals surface area contributed by atoms with Crippen molar-refractivity contribution in [2.24, 2.45) is 5.18 Å². The standard InChI is InChI=1S/C12H9BrN2O/c13-11-8-10(15-16)6-7-12(11)14-9-4-2-1-3-5-9/h1-8,14H. The fourth-order valence-electron chi connectivity index (χ4n) is 1.34. The number of para-hydroxylation sites is 1. The Morgan fingerprint density at radius 2 is 1.81 bits per heavy atom. The topological polar surface area (TPSA) is 41.5 Å². The van der Waals surface area contributed by atoms with Crippen molar-refractivity contribution in [3.8, 4) is 0 Å². The summed E-state index contributed by atoms with van der Waals surface area (Å²) >= 11 is 3.38. The van der Waals surface area contributed by atoms with Gasteiger partial charge in [0.05, 0.1) is 5.69 Å². The van der Waals surface area contributed by atoms with Crippen molar-refractivity contribution in [1.29, 1.82) is 0 Å². The van der Waals surface area contributed by atoms with Crippen LogP contribution in [0.15, 0.2) is 58.2 Å². The Kier molecular flexibility index (Phi) is 3.31. The zero-order valence-electron chi connectivity index (χ0n) is 8.35. The van der Waals surface area contributed by atoms with Gasteiger partial charge in [-0.25, -0.2) is 0 Å². The SMILES string of the molecule is O=Nc1ccc(Nc2ccccc2)c(Br)c1. The third-order valence-corrected chi connectivity index (χ3v) is 2.77. The molecular formula is C12H9BrN2O. The van der Waals surface area contributed by atoms with Crippen LogP contribution in [0.1, 0.15) is 0 Å². The number of anilines is 2. The Hall–Kier alpha value is -1.68. The number of benzene rings is 2. The number of hydrogen-bond donors (Lipinski definition) is 1. The van der Waals surface area contributed by atoms with Crippen molar-refractivity contribution < 1.29 is 0 Å². The molecule has 0 unspecified atom stereocenters. The molecule has 0 aliphatic rings. The van der Waals surface area contributed by atoms with Crippen LogP contribution in [0.5, 0.6) is 0 Å². The fourth-order valence-corrected chi connectivity index (χ4v) is 1.80. The molecule has 0 amide bonds. The molecule has 0 saturated heterocycles. The normalized spacial score (nSPS) is 9.81. The molecule has 3 nitrogen and oxygen atoms in total. The van der Waals surface area contributed by atoms with Gasteiger partial charge in [0, 0.05) is 10.2 Å². The van der Waals surface area contributed by atoms with E-state index in [2.05, 4.69) is 26.4 Å². The zero-order chi connectivity index (χ0) is 11.4. The summed E-state index contributed by atoms with van der Waals surface area (Å²) in [6.45, 7) is 0. The van der Waals surface area contributed by atoms with Gasteiger partial charge in [-0.05, 0) is 51.4 Å². The lowest BCUT2D eigenvalue weighted by atomic mass is 10.2. The van der Waals surface area contributed by atoms with Crippen LogP contribution in [-0.2, 0) is 0 Å². The highest BCUT2D eigenvalue weighted by molar-refractivity contribution is 9.10. The van der Waals surface area contributed by atoms with Crippen molar-refractivity contribution in [2.45, 2.75) is 0 Å². The second-order valence-electron chi connectivity index (χ2n) is 3.25. The van der Waals surface area contributed by atoms with E-state index in [-0.39, 0.29) is 0 Å². The maximum atomic E-state index is 10.3. The number of nitrogens with one attached hydrogen (secondary N) is 1. The summed E-state index contributed by atoms with van der Waals surface area (Å²) in [6, 6.07) is 15.0. The highest BCUT2D eigenvalue weighted by Crippen LogP contribution is 2.29. The molecule has 0 saturated carbocycles. The van der Waals surface area contributed by atoms with E-state index in [4.69, 9.17) is 0 Å². The molecule has 2 aromatic carbocycles. The summed E-state index contributed by atoms with van der Waals surface area (Å²) in [5.74, 6) is 0. The molecule has 80 valence electrons. The average molecular weight is 277 g/mol. The highest BCUT2D eigenvalue weighted by atomic mass is 79.9. The van der Waals surface area contributed by atoms with E-state index in [1.54, 1.807) is 12.1 Å². The van der Waals surface area contributed by atoms with Gasteiger partial charge in [0.2, 0.25) is 0 Å². The van der Waals surface area contributed by atoms with Gasteiger partial charge in [0.15, 0.2) is 0 Å². The quantitative estimate of drug-likeness (QED) is 0.833. The molecule has 0 bridgehead atoms. The first-order valence-corrected chi connectivity index (χ1v) is 5.54. The van der Waals surface area contributed by atoms with E-state index in [1.807, 2.05) is 36.4 Å². The van der Waals surface area contributed by atoms with Crippen LogP contribution in [0.4, 0.5) is 17.1 Å². The van der Waals surface area contributed by atoms with E-state index in [1.165, 1.54) is 0 Å². The summed E-state index contributed by atoms with van der Waals surface area (Å²) < 4.78 is 0.813. The van der Waals surface area contributed by atoms with Crippen molar-refractivity contribution in [2.75, 3.05) is 5.32 Å². The monoisotopic (exact) mass is 276 g/mol. The highest BCUT2D eigenvalue weighted by Gasteiger charge is 2.01. The average Bonchev–Trinajstić information content (AvgIpc) is 2.33. The first-order valence-electron chi connectivity index (χ1n) is 4.74. The lowest BCUT2D eigenvalue weighted by Crippen LogP contribution is -1.90. The number of nitrogens with zero attached hydrogens (tertiary/aromatic N) is 1. The predicted molar refractivity (Wildman–Crippen MR) is 69.3 cm³/mol. The summed E-state index contributed by atoms with van der Waals surface area (Å²) in [7, 11) is 0. The maximum absolute atomic E-state index is 10.3. The number of halogens is 1. The molecule has 4 heteroatoms. The van der Waals surface area contributed by atoms with Gasteiger partial charge in [-0.15, -0.1) is 4.91 Å². The second kappa shape index (κ2) is 4.90. The van der Waals surface area contributed by atoms with E-state index in [9.17, 15) is 4.91 Å². The summed E-state index contributed by atoms with van der Waals surface area (Å²) in [5.41, 5.74) is 2.30. The third kappa shape index (κ3) is 2.46. The van der Waals surface area contributed by atoms with Crippen molar-refractivity contribution in [3.05, 3.63) is 57.9 Å².